The predicted octanol–water partition coefficient (Wildman–Crippen LogP) is 3.84. The molecule has 0 amide bonds. The molecule has 2 bridgehead atoms. The SMILES string of the molecule is C=C(c1ccc(-c2ccc(-n3ccnc3)cc2O)nn1)[C@H]1CC2N[C@](C)(CC2(F)F)[C@@H]1OC. The second-order valence-corrected chi connectivity index (χ2v) is 9.05. The molecule has 0 spiro atoms. The van der Waals surface area contributed by atoms with Crippen LogP contribution in [-0.2, 0) is 4.74 Å². The van der Waals surface area contributed by atoms with Crippen LogP contribution in [0, 0.1) is 5.92 Å². The van der Waals surface area contributed by atoms with Crippen molar-refractivity contribution in [3.8, 4) is 22.7 Å². The Kier molecular flexibility index (Phi) is 5.06. The number of ether oxygens (including phenoxy) is 1. The zero-order chi connectivity index (χ0) is 23.4. The average Bonchev–Trinajstić information content (AvgIpc) is 3.38. The van der Waals surface area contributed by atoms with Gasteiger partial charge in [0.05, 0.1) is 35.5 Å². The second-order valence-electron chi connectivity index (χ2n) is 9.05. The third kappa shape index (κ3) is 3.61. The quantitative estimate of drug-likeness (QED) is 0.611. The van der Waals surface area contributed by atoms with Gasteiger partial charge in [-0.1, -0.05) is 6.58 Å². The Bertz CT molecular complexity index is 1180. The first-order valence-corrected chi connectivity index (χ1v) is 10.7. The van der Waals surface area contributed by atoms with Gasteiger partial charge < -0.3 is 19.7 Å². The highest BCUT2D eigenvalue weighted by Gasteiger charge is 2.62. The number of aromatic nitrogens is 4. The van der Waals surface area contributed by atoms with E-state index < -0.39 is 23.6 Å². The molecule has 1 unspecified atom stereocenters. The summed E-state index contributed by atoms with van der Waals surface area (Å²) in [6.07, 6.45) is 4.56. The summed E-state index contributed by atoms with van der Waals surface area (Å²) < 4.78 is 36.4. The summed E-state index contributed by atoms with van der Waals surface area (Å²) in [5.41, 5.74) is 2.09. The number of phenols is 1. The molecular formula is C24H25F2N5O2. The Morgan fingerprint density at radius 3 is 2.73 bits per heavy atom. The minimum absolute atomic E-state index is 0.0617. The molecule has 9 heteroatoms. The van der Waals surface area contributed by atoms with Crippen molar-refractivity contribution in [3.63, 3.8) is 0 Å². The normalized spacial score (nSPS) is 28.1. The Hall–Kier alpha value is -3.17. The van der Waals surface area contributed by atoms with Crippen LogP contribution in [0.4, 0.5) is 8.78 Å². The molecule has 2 aromatic heterocycles. The molecule has 4 atom stereocenters. The van der Waals surface area contributed by atoms with Crippen LogP contribution >= 0.6 is 0 Å². The zero-order valence-electron chi connectivity index (χ0n) is 18.4. The van der Waals surface area contributed by atoms with Gasteiger partial charge in [0.1, 0.15) is 5.75 Å². The lowest BCUT2D eigenvalue weighted by Crippen LogP contribution is -2.59. The topological polar surface area (TPSA) is 85.1 Å². The van der Waals surface area contributed by atoms with Crippen LogP contribution in [0.1, 0.15) is 25.5 Å². The lowest BCUT2D eigenvalue weighted by Gasteiger charge is -2.43. The van der Waals surface area contributed by atoms with Crippen molar-refractivity contribution in [2.75, 3.05) is 7.11 Å². The van der Waals surface area contributed by atoms with E-state index >= 15 is 0 Å². The number of alkyl halides is 2. The van der Waals surface area contributed by atoms with E-state index in [1.54, 1.807) is 61.6 Å². The van der Waals surface area contributed by atoms with Crippen LogP contribution in [0.5, 0.6) is 5.75 Å². The van der Waals surface area contributed by atoms with Gasteiger partial charge in [0.25, 0.3) is 5.92 Å². The van der Waals surface area contributed by atoms with Crippen LogP contribution in [-0.4, -0.2) is 55.6 Å². The van der Waals surface area contributed by atoms with Crippen LogP contribution < -0.4 is 5.32 Å². The van der Waals surface area contributed by atoms with Gasteiger partial charge in [-0.3, -0.25) is 0 Å². The highest BCUT2D eigenvalue weighted by Crippen LogP contribution is 2.50. The first kappa shape index (κ1) is 21.7. The van der Waals surface area contributed by atoms with Gasteiger partial charge in [-0.2, -0.15) is 5.10 Å². The molecule has 2 N–H and O–H groups in total. The molecule has 2 aliphatic rings. The van der Waals surface area contributed by atoms with Gasteiger partial charge in [-0.05, 0) is 43.2 Å². The molecule has 5 rings (SSSR count). The fourth-order valence-electron chi connectivity index (χ4n) is 5.30. The van der Waals surface area contributed by atoms with E-state index in [2.05, 4.69) is 27.1 Å². The van der Waals surface area contributed by atoms with Gasteiger partial charge in [-0.25, -0.2) is 13.8 Å². The number of hydrogen-bond acceptors (Lipinski definition) is 6. The maximum atomic E-state index is 14.5. The number of methoxy groups -OCH3 is 1. The number of piperidine rings is 1. The molecular weight excluding hydrogens is 428 g/mol. The van der Waals surface area contributed by atoms with Crippen molar-refractivity contribution >= 4 is 5.57 Å². The number of imidazole rings is 1. The summed E-state index contributed by atoms with van der Waals surface area (Å²) >= 11 is 0. The molecule has 3 aromatic rings. The van der Waals surface area contributed by atoms with E-state index in [1.165, 1.54) is 0 Å². The van der Waals surface area contributed by atoms with Crippen molar-refractivity contribution in [1.29, 1.82) is 0 Å². The molecule has 172 valence electrons. The average molecular weight is 453 g/mol. The molecule has 33 heavy (non-hydrogen) atoms. The predicted molar refractivity (Wildman–Crippen MR) is 119 cm³/mol. The summed E-state index contributed by atoms with van der Waals surface area (Å²) in [5.74, 6) is -3.05. The molecule has 7 nitrogen and oxygen atoms in total. The minimum atomic E-state index is -2.80. The number of nitrogens with zero attached hydrogens (tertiary/aromatic N) is 4. The second kappa shape index (κ2) is 7.71. The molecule has 1 aromatic carbocycles. The maximum absolute atomic E-state index is 14.5. The minimum Gasteiger partial charge on any atom is -0.507 e. The molecule has 4 heterocycles. The lowest BCUT2D eigenvalue weighted by atomic mass is 9.77. The van der Waals surface area contributed by atoms with Crippen LogP contribution in [0.3, 0.4) is 0 Å². The summed E-state index contributed by atoms with van der Waals surface area (Å²) in [6, 6.07) is 7.81. The van der Waals surface area contributed by atoms with Crippen molar-refractivity contribution in [2.24, 2.45) is 5.92 Å². The standard InChI is InChI=1S/C24H25F2N5O2/c1-14(17-11-21-24(25,26)12-23(2,28-21)22(17)33-3)18-6-7-19(30-29-18)16-5-4-15(10-20(16)32)31-9-8-27-13-31/h4-10,13,17,21-22,28,32H,1,11-12H2,2-3H3/t17-,21?,22-,23-/m1/s1. The smallest absolute Gasteiger partial charge is 0.265 e. The monoisotopic (exact) mass is 453 g/mol. The van der Waals surface area contributed by atoms with E-state index in [0.717, 1.165) is 5.69 Å². The van der Waals surface area contributed by atoms with Gasteiger partial charge in [0, 0.05) is 49.0 Å². The number of nitrogens with one attached hydrogen (secondary N) is 1. The van der Waals surface area contributed by atoms with Gasteiger partial charge in [0.2, 0.25) is 0 Å². The van der Waals surface area contributed by atoms with Crippen LogP contribution in [0.15, 0.2) is 55.6 Å². The Labute approximate surface area is 190 Å². The van der Waals surface area contributed by atoms with Gasteiger partial charge in [0.15, 0.2) is 0 Å². The highest BCUT2D eigenvalue weighted by molar-refractivity contribution is 5.70. The van der Waals surface area contributed by atoms with E-state index in [-0.39, 0.29) is 24.5 Å². The molecule has 2 aliphatic heterocycles. The molecule has 2 fully saturated rings. The lowest BCUT2D eigenvalue weighted by molar-refractivity contribution is -0.0173. The third-order valence-corrected chi connectivity index (χ3v) is 6.85. The van der Waals surface area contributed by atoms with E-state index in [9.17, 15) is 13.9 Å². The van der Waals surface area contributed by atoms with Crippen molar-refractivity contribution in [2.45, 2.75) is 43.4 Å². The number of fused-ring (bicyclic) bond motifs is 2. The fraction of sp³-hybridized carbons (Fsp3) is 0.375. The van der Waals surface area contributed by atoms with E-state index in [4.69, 9.17) is 4.74 Å². The first-order valence-electron chi connectivity index (χ1n) is 10.7. The van der Waals surface area contributed by atoms with Crippen molar-refractivity contribution < 1.29 is 18.6 Å². The zero-order valence-corrected chi connectivity index (χ0v) is 18.4. The maximum Gasteiger partial charge on any atom is 0.265 e. The highest BCUT2D eigenvalue weighted by atomic mass is 19.3. The molecule has 0 saturated carbocycles. The third-order valence-electron chi connectivity index (χ3n) is 6.85. The Balaban J connectivity index is 1.39. The summed E-state index contributed by atoms with van der Waals surface area (Å²) in [6.45, 7) is 5.95. The number of halogens is 2. The summed E-state index contributed by atoms with van der Waals surface area (Å²) in [5, 5.41) is 22.2. The number of aromatic hydroxyl groups is 1. The number of hydrogen-bond donors (Lipinski definition) is 2. The van der Waals surface area contributed by atoms with E-state index in [1.807, 2.05) is 6.07 Å². The Morgan fingerprint density at radius 2 is 2.09 bits per heavy atom. The number of benzene rings is 1. The van der Waals surface area contributed by atoms with Crippen molar-refractivity contribution in [1.82, 2.24) is 25.1 Å². The summed E-state index contributed by atoms with van der Waals surface area (Å²) in [7, 11) is 1.54. The van der Waals surface area contributed by atoms with Crippen molar-refractivity contribution in [3.05, 3.63) is 61.3 Å². The Morgan fingerprint density at radius 1 is 1.27 bits per heavy atom. The first-order chi connectivity index (χ1) is 15.7. The van der Waals surface area contributed by atoms with Crippen LogP contribution in [0.25, 0.3) is 22.5 Å². The summed E-state index contributed by atoms with van der Waals surface area (Å²) in [4.78, 5) is 4.01. The van der Waals surface area contributed by atoms with E-state index in [0.29, 0.717) is 22.5 Å². The largest absolute Gasteiger partial charge is 0.507 e. The fourth-order valence-corrected chi connectivity index (χ4v) is 5.30. The number of rotatable bonds is 5. The molecule has 0 radical (unpaired) electrons. The van der Waals surface area contributed by atoms with Crippen LogP contribution in [0.2, 0.25) is 0 Å². The molecule has 0 aliphatic carbocycles. The molecule has 2 saturated heterocycles. The van der Waals surface area contributed by atoms with Gasteiger partial charge >= 0.3 is 0 Å². The van der Waals surface area contributed by atoms with Gasteiger partial charge in [-0.15, -0.1) is 5.10 Å². The number of phenolic OH excluding ortho intramolecular Hbond substituents is 1.